The summed E-state index contributed by atoms with van der Waals surface area (Å²) in [6.07, 6.45) is -1.56. The maximum Gasteiger partial charge on any atom is 0.351 e. The number of ether oxygens (including phenoxy) is 1. The summed E-state index contributed by atoms with van der Waals surface area (Å²) < 4.78 is 34.3. The fraction of sp³-hybridized carbons (Fsp3) is 0.692. The van der Waals surface area contributed by atoms with Crippen LogP contribution in [0.1, 0.15) is 12.6 Å². The zero-order valence-electron chi connectivity index (χ0n) is 12.6. The van der Waals surface area contributed by atoms with Gasteiger partial charge in [0.25, 0.3) is 5.92 Å². The van der Waals surface area contributed by atoms with Crippen LogP contribution in [0.2, 0.25) is 0 Å². The fourth-order valence-corrected chi connectivity index (χ4v) is 2.29. The smallest absolute Gasteiger partial charge is 0.351 e. The third kappa shape index (κ3) is 3.99. The van der Waals surface area contributed by atoms with E-state index in [9.17, 15) is 13.6 Å². The molecule has 9 heteroatoms. The van der Waals surface area contributed by atoms with E-state index in [0.29, 0.717) is 13.1 Å². The Morgan fingerprint density at radius 3 is 2.95 bits per heavy atom. The molecule has 2 heterocycles. The van der Waals surface area contributed by atoms with Gasteiger partial charge in [-0.1, -0.05) is 0 Å². The normalized spacial score (nSPS) is 24.0. The molecule has 3 N–H and O–H groups in total. The highest BCUT2D eigenvalue weighted by Gasteiger charge is 2.51. The van der Waals surface area contributed by atoms with Gasteiger partial charge in [0.05, 0.1) is 6.10 Å². The number of likely N-dealkylation sites (N-methyl/N-ethyl adjacent to an activating group) is 1. The van der Waals surface area contributed by atoms with Crippen molar-refractivity contribution in [3.63, 3.8) is 0 Å². The molecule has 1 saturated heterocycles. The van der Waals surface area contributed by atoms with Crippen molar-refractivity contribution in [1.82, 2.24) is 19.8 Å². The molecule has 7 nitrogen and oxygen atoms in total. The topological polar surface area (TPSA) is 85.4 Å². The van der Waals surface area contributed by atoms with Crippen molar-refractivity contribution in [1.29, 1.82) is 0 Å². The first-order valence-corrected chi connectivity index (χ1v) is 7.03. The van der Waals surface area contributed by atoms with Crippen LogP contribution in [0.3, 0.4) is 0 Å². The van der Waals surface area contributed by atoms with Gasteiger partial charge >= 0.3 is 5.69 Å². The third-order valence-corrected chi connectivity index (χ3v) is 3.39. The number of halogens is 2. The van der Waals surface area contributed by atoms with Gasteiger partial charge in [-0.2, -0.15) is 4.98 Å². The van der Waals surface area contributed by atoms with Gasteiger partial charge in [-0.3, -0.25) is 4.57 Å². The lowest BCUT2D eigenvalue weighted by Gasteiger charge is -2.19. The molecule has 0 bridgehead atoms. The molecule has 0 radical (unpaired) electrons. The number of aromatic nitrogens is 2. The summed E-state index contributed by atoms with van der Waals surface area (Å²) in [5.41, 5.74) is 4.52. The Hall–Kier alpha value is -1.58. The zero-order valence-corrected chi connectivity index (χ0v) is 12.6. The second-order valence-electron chi connectivity index (χ2n) is 5.63. The van der Waals surface area contributed by atoms with Crippen LogP contribution in [-0.4, -0.2) is 60.2 Å². The molecule has 22 heavy (non-hydrogen) atoms. The van der Waals surface area contributed by atoms with E-state index < -0.39 is 30.4 Å². The largest absolute Gasteiger partial charge is 0.383 e. The van der Waals surface area contributed by atoms with E-state index in [1.807, 2.05) is 19.0 Å². The van der Waals surface area contributed by atoms with Gasteiger partial charge in [0.15, 0.2) is 0 Å². The number of rotatable bonds is 6. The molecule has 0 unspecified atom stereocenters. The van der Waals surface area contributed by atoms with Crippen LogP contribution >= 0.6 is 0 Å². The molecular weight excluding hydrogens is 296 g/mol. The zero-order chi connectivity index (χ0) is 16.3. The minimum absolute atomic E-state index is 0.00975. The summed E-state index contributed by atoms with van der Waals surface area (Å²) in [5, 5.41) is 3.07. The van der Waals surface area contributed by atoms with Gasteiger partial charge in [-0.15, -0.1) is 0 Å². The fourth-order valence-electron chi connectivity index (χ4n) is 2.29. The Morgan fingerprint density at radius 2 is 2.32 bits per heavy atom. The molecule has 1 aromatic rings. The quantitative estimate of drug-likeness (QED) is 0.713. The number of anilines is 1. The van der Waals surface area contributed by atoms with Crippen molar-refractivity contribution in [2.24, 2.45) is 0 Å². The van der Waals surface area contributed by atoms with Crippen LogP contribution in [-0.2, 0) is 4.74 Å². The highest BCUT2D eigenvalue weighted by atomic mass is 19.3. The van der Waals surface area contributed by atoms with Crippen molar-refractivity contribution in [2.45, 2.75) is 24.7 Å². The molecule has 2 atom stereocenters. The van der Waals surface area contributed by atoms with Gasteiger partial charge in [0, 0.05) is 32.3 Å². The standard InChI is InChI=1S/C13H21F2N5O2/c1-19(2)6-4-17-8-9-7-13(14,15)11(22-9)20-5-3-10(16)18-12(20)21/h3,5,9,11,17H,4,6-8H2,1-2H3,(H2,16,18,21)/t9-,11+/m0/s1. The average molecular weight is 317 g/mol. The Balaban J connectivity index is 2.00. The lowest BCUT2D eigenvalue weighted by atomic mass is 10.2. The third-order valence-electron chi connectivity index (χ3n) is 3.39. The van der Waals surface area contributed by atoms with Crippen molar-refractivity contribution in [3.05, 3.63) is 22.7 Å². The lowest BCUT2D eigenvalue weighted by Crippen LogP contribution is -2.35. The number of hydrogen-bond donors (Lipinski definition) is 2. The highest BCUT2D eigenvalue weighted by molar-refractivity contribution is 5.23. The van der Waals surface area contributed by atoms with Crippen molar-refractivity contribution in [3.8, 4) is 0 Å². The Labute approximate surface area is 127 Å². The molecule has 1 aromatic heterocycles. The van der Waals surface area contributed by atoms with Crippen LogP contribution in [0.25, 0.3) is 0 Å². The van der Waals surface area contributed by atoms with Crippen molar-refractivity contribution < 1.29 is 13.5 Å². The van der Waals surface area contributed by atoms with Crippen molar-refractivity contribution in [2.75, 3.05) is 39.5 Å². The van der Waals surface area contributed by atoms with E-state index >= 15 is 0 Å². The summed E-state index contributed by atoms with van der Waals surface area (Å²) in [4.78, 5) is 17.1. The average Bonchev–Trinajstić information content (AvgIpc) is 2.70. The molecule has 1 fully saturated rings. The molecule has 0 amide bonds. The number of hydrogen-bond acceptors (Lipinski definition) is 6. The number of alkyl halides is 2. The van der Waals surface area contributed by atoms with E-state index in [2.05, 4.69) is 10.3 Å². The molecule has 1 aliphatic rings. The van der Waals surface area contributed by atoms with E-state index in [0.717, 1.165) is 11.1 Å². The van der Waals surface area contributed by atoms with E-state index in [1.165, 1.54) is 12.3 Å². The van der Waals surface area contributed by atoms with E-state index in [1.54, 1.807) is 0 Å². The Morgan fingerprint density at radius 1 is 1.59 bits per heavy atom. The predicted octanol–water partition coefficient (Wildman–Crippen LogP) is -0.100. The first kappa shape index (κ1) is 16.8. The first-order chi connectivity index (χ1) is 10.3. The maximum atomic E-state index is 14.1. The Bertz CT molecular complexity index is 564. The van der Waals surface area contributed by atoms with Gasteiger partial charge in [-0.25, -0.2) is 13.6 Å². The van der Waals surface area contributed by atoms with E-state index in [4.69, 9.17) is 10.5 Å². The summed E-state index contributed by atoms with van der Waals surface area (Å²) in [7, 11) is 3.86. The summed E-state index contributed by atoms with van der Waals surface area (Å²) >= 11 is 0. The molecule has 0 aromatic carbocycles. The highest BCUT2D eigenvalue weighted by Crippen LogP contribution is 2.41. The van der Waals surface area contributed by atoms with Crippen LogP contribution in [0.15, 0.2) is 17.1 Å². The monoisotopic (exact) mass is 317 g/mol. The summed E-state index contributed by atoms with van der Waals surface area (Å²) in [6, 6.07) is 1.30. The molecule has 1 aliphatic heterocycles. The molecule has 0 spiro atoms. The second-order valence-corrected chi connectivity index (χ2v) is 5.63. The minimum Gasteiger partial charge on any atom is -0.383 e. The molecule has 0 saturated carbocycles. The van der Waals surface area contributed by atoms with Crippen LogP contribution in [0.5, 0.6) is 0 Å². The summed E-state index contributed by atoms with van der Waals surface area (Å²) in [5.74, 6) is -3.14. The predicted molar refractivity (Wildman–Crippen MR) is 77.8 cm³/mol. The van der Waals surface area contributed by atoms with Crippen LogP contribution in [0, 0.1) is 0 Å². The molecular formula is C13H21F2N5O2. The van der Waals surface area contributed by atoms with Gasteiger partial charge in [0.2, 0.25) is 6.23 Å². The van der Waals surface area contributed by atoms with Gasteiger partial charge < -0.3 is 20.7 Å². The molecule has 0 aliphatic carbocycles. The van der Waals surface area contributed by atoms with Crippen LogP contribution in [0.4, 0.5) is 14.6 Å². The first-order valence-electron chi connectivity index (χ1n) is 7.03. The number of nitrogen functional groups attached to an aromatic ring is 1. The van der Waals surface area contributed by atoms with E-state index in [-0.39, 0.29) is 5.82 Å². The molecule has 2 rings (SSSR count). The van der Waals surface area contributed by atoms with Crippen LogP contribution < -0.4 is 16.7 Å². The van der Waals surface area contributed by atoms with Gasteiger partial charge in [0.1, 0.15) is 5.82 Å². The number of nitrogens with one attached hydrogen (secondary N) is 1. The van der Waals surface area contributed by atoms with Gasteiger partial charge in [-0.05, 0) is 20.2 Å². The van der Waals surface area contributed by atoms with Crippen molar-refractivity contribution >= 4 is 5.82 Å². The molecule has 124 valence electrons. The SMILES string of the molecule is CN(C)CCNC[C@@H]1CC(F)(F)[C@H](n2ccc(N)nc2=O)O1. The number of nitrogens with zero attached hydrogens (tertiary/aromatic N) is 3. The summed E-state index contributed by atoms with van der Waals surface area (Å²) in [6.45, 7) is 1.78. The minimum atomic E-state index is -3.13. The second kappa shape index (κ2) is 6.67. The number of nitrogens with two attached hydrogens (primary N) is 1. The maximum absolute atomic E-state index is 14.1. The Kier molecular flexibility index (Phi) is 5.09. The lowest BCUT2D eigenvalue weighted by molar-refractivity contribution is -0.116.